The van der Waals surface area contributed by atoms with Gasteiger partial charge in [0, 0.05) is 11.1 Å². The smallest absolute Gasteiger partial charge is 0.203 e. The first-order valence-electron chi connectivity index (χ1n) is 7.46. The van der Waals surface area contributed by atoms with Crippen molar-refractivity contribution < 1.29 is 14.2 Å². The monoisotopic (exact) mass is 325 g/mol. The van der Waals surface area contributed by atoms with E-state index in [4.69, 9.17) is 14.2 Å². The standard InChI is InChI=1S/C18H19N3O3/c1-11-5-7-12(8-6-11)17-19-18(21-20-17)13-9-14(22-2)16(24-4)15(10-13)23-3/h5-10H,1-4H3,(H,19,20,21). The van der Waals surface area contributed by atoms with Gasteiger partial charge in [-0.05, 0) is 19.1 Å². The van der Waals surface area contributed by atoms with Crippen LogP contribution in [0.4, 0.5) is 0 Å². The van der Waals surface area contributed by atoms with Gasteiger partial charge in [-0.1, -0.05) is 29.8 Å². The molecule has 1 heterocycles. The van der Waals surface area contributed by atoms with Crippen LogP contribution in [0.25, 0.3) is 22.8 Å². The number of aromatic amines is 1. The third-order valence-corrected chi connectivity index (χ3v) is 3.73. The van der Waals surface area contributed by atoms with Crippen molar-refractivity contribution in [2.45, 2.75) is 6.92 Å². The van der Waals surface area contributed by atoms with Gasteiger partial charge < -0.3 is 14.2 Å². The van der Waals surface area contributed by atoms with E-state index in [0.29, 0.717) is 28.9 Å². The van der Waals surface area contributed by atoms with Gasteiger partial charge in [-0.25, -0.2) is 4.98 Å². The Balaban J connectivity index is 2.02. The Morgan fingerprint density at radius 1 is 0.833 bits per heavy atom. The van der Waals surface area contributed by atoms with Crippen LogP contribution in [0.1, 0.15) is 5.56 Å². The molecule has 1 aromatic heterocycles. The molecule has 0 atom stereocenters. The number of ether oxygens (including phenoxy) is 3. The number of H-pyrrole nitrogens is 1. The largest absolute Gasteiger partial charge is 0.493 e. The molecule has 1 N–H and O–H groups in total. The zero-order valence-electron chi connectivity index (χ0n) is 14.1. The number of nitrogens with zero attached hydrogens (tertiary/aromatic N) is 2. The van der Waals surface area contributed by atoms with Crippen LogP contribution in [-0.2, 0) is 0 Å². The fraction of sp³-hybridized carbons (Fsp3) is 0.222. The van der Waals surface area contributed by atoms with Crippen LogP contribution in [0.15, 0.2) is 36.4 Å². The molecular formula is C18H19N3O3. The van der Waals surface area contributed by atoms with Crippen molar-refractivity contribution in [3.05, 3.63) is 42.0 Å². The van der Waals surface area contributed by atoms with E-state index in [0.717, 1.165) is 11.1 Å². The second kappa shape index (κ2) is 6.62. The molecule has 3 aromatic rings. The van der Waals surface area contributed by atoms with E-state index < -0.39 is 0 Å². The van der Waals surface area contributed by atoms with Gasteiger partial charge in [0.15, 0.2) is 23.1 Å². The summed E-state index contributed by atoms with van der Waals surface area (Å²) in [4.78, 5) is 4.57. The molecule has 24 heavy (non-hydrogen) atoms. The van der Waals surface area contributed by atoms with Gasteiger partial charge in [0.1, 0.15) is 0 Å². The molecule has 0 unspecified atom stereocenters. The minimum absolute atomic E-state index is 0.540. The first-order chi connectivity index (χ1) is 11.7. The van der Waals surface area contributed by atoms with E-state index in [9.17, 15) is 0 Å². The summed E-state index contributed by atoms with van der Waals surface area (Å²) in [5.74, 6) is 2.93. The number of methoxy groups -OCH3 is 3. The zero-order chi connectivity index (χ0) is 17.1. The Morgan fingerprint density at radius 2 is 1.46 bits per heavy atom. The second-order valence-electron chi connectivity index (χ2n) is 5.29. The number of aryl methyl sites for hydroxylation is 1. The van der Waals surface area contributed by atoms with Gasteiger partial charge in [-0.3, -0.25) is 5.10 Å². The molecule has 6 nitrogen and oxygen atoms in total. The van der Waals surface area contributed by atoms with Crippen molar-refractivity contribution in [1.29, 1.82) is 0 Å². The van der Waals surface area contributed by atoms with Crippen LogP contribution in [0, 0.1) is 6.92 Å². The predicted molar refractivity (Wildman–Crippen MR) is 91.6 cm³/mol. The highest BCUT2D eigenvalue weighted by Gasteiger charge is 2.16. The van der Waals surface area contributed by atoms with E-state index in [1.165, 1.54) is 5.56 Å². The van der Waals surface area contributed by atoms with Gasteiger partial charge >= 0.3 is 0 Å². The van der Waals surface area contributed by atoms with Gasteiger partial charge in [0.05, 0.1) is 21.3 Å². The lowest BCUT2D eigenvalue weighted by atomic mass is 10.1. The fourth-order valence-electron chi connectivity index (χ4n) is 2.44. The minimum Gasteiger partial charge on any atom is -0.493 e. The maximum Gasteiger partial charge on any atom is 0.203 e. The lowest BCUT2D eigenvalue weighted by Crippen LogP contribution is -1.96. The maximum absolute atomic E-state index is 5.37. The summed E-state index contributed by atoms with van der Waals surface area (Å²) in [5.41, 5.74) is 2.95. The average molecular weight is 325 g/mol. The molecule has 3 rings (SSSR count). The molecular weight excluding hydrogens is 306 g/mol. The van der Waals surface area contributed by atoms with E-state index in [1.807, 2.05) is 43.3 Å². The number of hydrogen-bond acceptors (Lipinski definition) is 5. The topological polar surface area (TPSA) is 69.3 Å². The Kier molecular flexibility index (Phi) is 4.37. The summed E-state index contributed by atoms with van der Waals surface area (Å²) in [6.45, 7) is 2.05. The molecule has 0 fully saturated rings. The molecule has 0 aliphatic carbocycles. The minimum atomic E-state index is 0.540. The van der Waals surface area contributed by atoms with Crippen molar-refractivity contribution in [3.8, 4) is 40.0 Å². The zero-order valence-corrected chi connectivity index (χ0v) is 14.1. The second-order valence-corrected chi connectivity index (χ2v) is 5.29. The van der Waals surface area contributed by atoms with Crippen molar-refractivity contribution >= 4 is 0 Å². The highest BCUT2D eigenvalue weighted by molar-refractivity contribution is 5.68. The third kappa shape index (κ3) is 2.90. The summed E-state index contributed by atoms with van der Waals surface area (Å²) in [7, 11) is 4.73. The van der Waals surface area contributed by atoms with Crippen LogP contribution in [0.2, 0.25) is 0 Å². The quantitative estimate of drug-likeness (QED) is 0.778. The molecule has 0 amide bonds. The van der Waals surface area contributed by atoms with E-state index in [-0.39, 0.29) is 0 Å². The molecule has 0 bridgehead atoms. The highest BCUT2D eigenvalue weighted by Crippen LogP contribution is 2.40. The SMILES string of the molecule is COc1cc(-c2n[nH]c(-c3ccc(C)cc3)n2)cc(OC)c1OC. The lowest BCUT2D eigenvalue weighted by molar-refractivity contribution is 0.324. The van der Waals surface area contributed by atoms with Crippen LogP contribution in [0.5, 0.6) is 17.2 Å². The first-order valence-corrected chi connectivity index (χ1v) is 7.46. The number of rotatable bonds is 5. The molecule has 0 aliphatic heterocycles. The maximum atomic E-state index is 5.37. The molecule has 6 heteroatoms. The number of hydrogen-bond donors (Lipinski definition) is 1. The third-order valence-electron chi connectivity index (χ3n) is 3.73. The fourth-order valence-corrected chi connectivity index (χ4v) is 2.44. The molecule has 0 aliphatic rings. The molecule has 0 spiro atoms. The van der Waals surface area contributed by atoms with Gasteiger partial charge in [0.25, 0.3) is 0 Å². The van der Waals surface area contributed by atoms with E-state index >= 15 is 0 Å². The normalized spacial score (nSPS) is 10.5. The van der Waals surface area contributed by atoms with Crippen LogP contribution < -0.4 is 14.2 Å². The Bertz CT molecular complexity index is 816. The van der Waals surface area contributed by atoms with E-state index in [1.54, 1.807) is 21.3 Å². The van der Waals surface area contributed by atoms with Gasteiger partial charge in [-0.2, -0.15) is 5.10 Å². The first kappa shape index (κ1) is 15.9. The highest BCUT2D eigenvalue weighted by atomic mass is 16.5. The van der Waals surface area contributed by atoms with Crippen LogP contribution in [-0.4, -0.2) is 36.5 Å². The summed E-state index contributed by atoms with van der Waals surface area (Å²) >= 11 is 0. The molecule has 0 saturated carbocycles. The Labute approximate surface area is 140 Å². The van der Waals surface area contributed by atoms with Crippen LogP contribution >= 0.6 is 0 Å². The summed E-state index contributed by atoms with van der Waals surface area (Å²) in [6.07, 6.45) is 0. The van der Waals surface area contributed by atoms with Gasteiger partial charge in [0.2, 0.25) is 5.75 Å². The molecule has 2 aromatic carbocycles. The Hall–Kier alpha value is -3.02. The van der Waals surface area contributed by atoms with Crippen molar-refractivity contribution in [2.24, 2.45) is 0 Å². The van der Waals surface area contributed by atoms with Crippen molar-refractivity contribution in [2.75, 3.05) is 21.3 Å². The molecule has 0 radical (unpaired) electrons. The van der Waals surface area contributed by atoms with E-state index in [2.05, 4.69) is 15.2 Å². The predicted octanol–water partition coefficient (Wildman–Crippen LogP) is 3.47. The number of nitrogens with one attached hydrogen (secondary N) is 1. The molecule has 0 saturated heterocycles. The average Bonchev–Trinajstić information content (AvgIpc) is 3.11. The lowest BCUT2D eigenvalue weighted by Gasteiger charge is -2.12. The molecule has 124 valence electrons. The van der Waals surface area contributed by atoms with Crippen molar-refractivity contribution in [1.82, 2.24) is 15.2 Å². The van der Waals surface area contributed by atoms with Gasteiger partial charge in [-0.15, -0.1) is 0 Å². The summed E-state index contributed by atoms with van der Waals surface area (Å²) in [5, 5.41) is 7.27. The number of aromatic nitrogens is 3. The number of benzene rings is 2. The Morgan fingerprint density at radius 3 is 2.00 bits per heavy atom. The summed E-state index contributed by atoms with van der Waals surface area (Å²) in [6, 6.07) is 11.7. The van der Waals surface area contributed by atoms with Crippen molar-refractivity contribution in [3.63, 3.8) is 0 Å². The summed E-state index contributed by atoms with van der Waals surface area (Å²) < 4.78 is 16.1. The van der Waals surface area contributed by atoms with Crippen LogP contribution in [0.3, 0.4) is 0 Å².